The van der Waals surface area contributed by atoms with Crippen LogP contribution in [0.5, 0.6) is 0 Å². The van der Waals surface area contributed by atoms with Gasteiger partial charge in [-0.1, -0.05) is 0 Å². The van der Waals surface area contributed by atoms with E-state index in [1.54, 1.807) is 13.0 Å². The van der Waals surface area contributed by atoms with Crippen LogP contribution in [-0.4, -0.2) is 23.4 Å². The van der Waals surface area contributed by atoms with E-state index >= 15 is 0 Å². The van der Waals surface area contributed by atoms with Gasteiger partial charge in [-0.3, -0.25) is 4.72 Å². The van der Waals surface area contributed by atoms with Crippen molar-refractivity contribution in [2.45, 2.75) is 11.9 Å². The normalized spacial score (nSPS) is 11.4. The van der Waals surface area contributed by atoms with Gasteiger partial charge in [0.2, 0.25) is 0 Å². The smallest absolute Gasteiger partial charge is 0.280 e. The van der Waals surface area contributed by atoms with Gasteiger partial charge >= 0.3 is 0 Å². The number of nitrogen functional groups attached to an aromatic ring is 1. The molecule has 7 nitrogen and oxygen atoms in total. The van der Waals surface area contributed by atoms with Gasteiger partial charge in [0.15, 0.2) is 10.8 Å². The molecule has 0 saturated heterocycles. The van der Waals surface area contributed by atoms with E-state index in [9.17, 15) is 8.42 Å². The lowest BCUT2D eigenvalue weighted by Gasteiger charge is -2.07. The minimum atomic E-state index is -3.73. The molecule has 9 heteroatoms. The Balaban J connectivity index is 2.33. The molecule has 4 N–H and O–H groups in total. The highest BCUT2D eigenvalue weighted by Gasteiger charge is 2.18. The standard InChI is InChI=1S/C9H10BrN5O2S/c1-5-12-4-8(14-5)18(16,17)15-9-7(10)2-6(11)3-13-9/h2-4H,11H2,1H3,(H,12,14)(H,13,15). The molecular formula is C9H10BrN5O2S. The van der Waals surface area contributed by atoms with Crippen LogP contribution in [0, 0.1) is 6.92 Å². The second kappa shape index (κ2) is 4.58. The zero-order chi connectivity index (χ0) is 13.3. The number of nitrogens with one attached hydrogen (secondary N) is 2. The average Bonchev–Trinajstić information content (AvgIpc) is 2.70. The molecule has 2 aromatic heterocycles. The number of imidazole rings is 1. The molecule has 96 valence electrons. The van der Waals surface area contributed by atoms with Crippen molar-refractivity contribution in [2.75, 3.05) is 10.5 Å². The summed E-state index contributed by atoms with van der Waals surface area (Å²) in [7, 11) is -3.73. The number of anilines is 2. The van der Waals surface area contributed by atoms with Crippen LogP contribution >= 0.6 is 15.9 Å². The first-order valence-corrected chi connectivity index (χ1v) is 7.11. The first kappa shape index (κ1) is 12.8. The van der Waals surface area contributed by atoms with Gasteiger partial charge < -0.3 is 10.7 Å². The van der Waals surface area contributed by atoms with Gasteiger partial charge in [0.05, 0.1) is 22.6 Å². The highest BCUT2D eigenvalue weighted by atomic mass is 79.9. The zero-order valence-electron chi connectivity index (χ0n) is 9.31. The highest BCUT2D eigenvalue weighted by molar-refractivity contribution is 9.10. The van der Waals surface area contributed by atoms with Crippen molar-refractivity contribution in [2.24, 2.45) is 0 Å². The van der Waals surface area contributed by atoms with Crippen LogP contribution in [0.4, 0.5) is 11.5 Å². The molecule has 0 fully saturated rings. The van der Waals surface area contributed by atoms with E-state index in [1.807, 2.05) is 0 Å². The highest BCUT2D eigenvalue weighted by Crippen LogP contribution is 2.23. The minimum Gasteiger partial charge on any atom is -0.397 e. The van der Waals surface area contributed by atoms with Gasteiger partial charge in [-0.15, -0.1) is 0 Å². The van der Waals surface area contributed by atoms with Crippen molar-refractivity contribution in [3.05, 3.63) is 28.8 Å². The van der Waals surface area contributed by atoms with Crippen LogP contribution < -0.4 is 10.5 Å². The molecule has 0 aliphatic rings. The summed E-state index contributed by atoms with van der Waals surface area (Å²) in [6.07, 6.45) is 2.60. The molecule has 0 aliphatic carbocycles. The van der Waals surface area contributed by atoms with Crippen LogP contribution in [0.3, 0.4) is 0 Å². The van der Waals surface area contributed by atoms with E-state index in [0.29, 0.717) is 16.0 Å². The molecule has 0 bridgehead atoms. The number of halogens is 1. The Hall–Kier alpha value is -1.61. The number of sulfonamides is 1. The van der Waals surface area contributed by atoms with Crippen molar-refractivity contribution in [1.29, 1.82) is 0 Å². The Morgan fingerprint density at radius 3 is 2.67 bits per heavy atom. The van der Waals surface area contributed by atoms with E-state index in [2.05, 4.69) is 35.6 Å². The zero-order valence-corrected chi connectivity index (χ0v) is 11.7. The number of rotatable bonds is 3. The molecular weight excluding hydrogens is 322 g/mol. The van der Waals surface area contributed by atoms with Crippen LogP contribution in [0.15, 0.2) is 28.0 Å². The molecule has 0 aromatic carbocycles. The topological polar surface area (TPSA) is 114 Å². The number of aromatic nitrogens is 3. The SMILES string of the molecule is Cc1ncc(S(=O)(=O)Nc2ncc(N)cc2Br)[nH]1. The van der Waals surface area contributed by atoms with Crippen LogP contribution in [0.25, 0.3) is 0 Å². The molecule has 2 aromatic rings. The first-order valence-electron chi connectivity index (χ1n) is 4.84. The van der Waals surface area contributed by atoms with E-state index in [1.165, 1.54) is 12.4 Å². The molecule has 2 heterocycles. The lowest BCUT2D eigenvalue weighted by atomic mass is 10.4. The van der Waals surface area contributed by atoms with Crippen molar-refractivity contribution in [3.8, 4) is 0 Å². The van der Waals surface area contributed by atoms with Crippen molar-refractivity contribution < 1.29 is 8.42 Å². The second-order valence-electron chi connectivity index (χ2n) is 3.54. The van der Waals surface area contributed by atoms with Crippen LogP contribution in [-0.2, 0) is 10.0 Å². The quantitative estimate of drug-likeness (QED) is 0.783. The molecule has 0 radical (unpaired) electrons. The molecule has 0 unspecified atom stereocenters. The van der Waals surface area contributed by atoms with Gasteiger partial charge in [0, 0.05) is 0 Å². The molecule has 0 amide bonds. The maximum absolute atomic E-state index is 12.0. The van der Waals surface area contributed by atoms with Gasteiger partial charge in [-0.2, -0.15) is 8.42 Å². The number of aromatic amines is 1. The van der Waals surface area contributed by atoms with Crippen molar-refractivity contribution in [3.63, 3.8) is 0 Å². The summed E-state index contributed by atoms with van der Waals surface area (Å²) in [5, 5.41) is -0.0227. The predicted octanol–water partition coefficient (Wildman–Crippen LogP) is 1.26. The molecule has 0 atom stereocenters. The fourth-order valence-corrected chi connectivity index (χ4v) is 2.84. The number of hydrogen-bond acceptors (Lipinski definition) is 5. The number of H-pyrrole nitrogens is 1. The third-order valence-electron chi connectivity index (χ3n) is 2.06. The van der Waals surface area contributed by atoms with Gasteiger partial charge in [-0.25, -0.2) is 9.97 Å². The van der Waals surface area contributed by atoms with Crippen molar-refractivity contribution >= 4 is 37.5 Å². The largest absolute Gasteiger partial charge is 0.397 e. The van der Waals surface area contributed by atoms with Gasteiger partial charge in [0.25, 0.3) is 10.0 Å². The number of nitrogens with two attached hydrogens (primary N) is 1. The lowest BCUT2D eigenvalue weighted by Crippen LogP contribution is -2.15. The second-order valence-corrected chi connectivity index (χ2v) is 6.04. The van der Waals surface area contributed by atoms with Crippen LogP contribution in [0.2, 0.25) is 0 Å². The number of pyridine rings is 1. The van der Waals surface area contributed by atoms with E-state index in [4.69, 9.17) is 5.73 Å². The van der Waals surface area contributed by atoms with Crippen LogP contribution in [0.1, 0.15) is 5.82 Å². The fourth-order valence-electron chi connectivity index (χ4n) is 1.24. The van der Waals surface area contributed by atoms with E-state index < -0.39 is 10.0 Å². The number of aryl methyl sites for hydroxylation is 1. The summed E-state index contributed by atoms with van der Waals surface area (Å²) in [4.78, 5) is 10.4. The minimum absolute atomic E-state index is 0.0227. The Kier molecular flexibility index (Phi) is 3.26. The number of nitrogens with zero attached hydrogens (tertiary/aromatic N) is 2. The monoisotopic (exact) mass is 331 g/mol. The average molecular weight is 332 g/mol. The summed E-state index contributed by atoms with van der Waals surface area (Å²) >= 11 is 3.18. The third-order valence-corrected chi connectivity index (χ3v) is 3.92. The molecule has 18 heavy (non-hydrogen) atoms. The lowest BCUT2D eigenvalue weighted by molar-refractivity contribution is 0.598. The summed E-state index contributed by atoms with van der Waals surface area (Å²) in [6.45, 7) is 1.66. The molecule has 0 saturated carbocycles. The summed E-state index contributed by atoms with van der Waals surface area (Å²) in [6, 6.07) is 1.56. The predicted molar refractivity (Wildman–Crippen MR) is 70.5 cm³/mol. The maximum Gasteiger partial charge on any atom is 0.280 e. The first-order chi connectivity index (χ1) is 8.38. The fraction of sp³-hybridized carbons (Fsp3) is 0.111. The van der Waals surface area contributed by atoms with E-state index in [0.717, 1.165) is 0 Å². The number of hydrogen-bond donors (Lipinski definition) is 3. The Labute approximate surface area is 112 Å². The summed E-state index contributed by atoms with van der Waals surface area (Å²) < 4.78 is 26.7. The molecule has 0 aliphatic heterocycles. The Morgan fingerprint density at radius 2 is 2.11 bits per heavy atom. The molecule has 0 spiro atoms. The molecule has 2 rings (SSSR count). The summed E-state index contributed by atoms with van der Waals surface area (Å²) in [5.41, 5.74) is 5.95. The third kappa shape index (κ3) is 2.62. The Morgan fingerprint density at radius 1 is 1.39 bits per heavy atom. The van der Waals surface area contributed by atoms with Crippen molar-refractivity contribution in [1.82, 2.24) is 15.0 Å². The van der Waals surface area contributed by atoms with Gasteiger partial charge in [0.1, 0.15) is 5.82 Å². The maximum atomic E-state index is 12.0. The van der Waals surface area contributed by atoms with Gasteiger partial charge in [-0.05, 0) is 28.9 Å². The summed E-state index contributed by atoms with van der Waals surface area (Å²) in [5.74, 6) is 0.677. The van der Waals surface area contributed by atoms with E-state index in [-0.39, 0.29) is 10.8 Å². The Bertz CT molecular complexity index is 682.